The van der Waals surface area contributed by atoms with Crippen LogP contribution in [0.1, 0.15) is 45.1 Å². The molecule has 1 aromatic carbocycles. The Labute approximate surface area is 138 Å². The molecule has 2 rings (SSSR count). The highest BCUT2D eigenvalue weighted by Gasteiger charge is 2.45. The maximum atomic E-state index is 10.8. The van der Waals surface area contributed by atoms with E-state index in [1.165, 1.54) is 0 Å². The van der Waals surface area contributed by atoms with E-state index in [1.54, 1.807) is 0 Å². The highest BCUT2D eigenvalue weighted by atomic mass is 35.5. The van der Waals surface area contributed by atoms with Gasteiger partial charge in [-0.1, -0.05) is 49.5 Å². The molecule has 0 aromatic heterocycles. The molecule has 1 unspecified atom stereocenters. The number of likely N-dealkylation sites (N-methyl/N-ethyl adjacent to an activating group) is 1. The highest BCUT2D eigenvalue weighted by Crippen LogP contribution is 2.47. The first-order valence-electron chi connectivity index (χ1n) is 7.89. The molecule has 1 saturated carbocycles. The normalized spacial score (nSPS) is 18.6. The predicted octanol–water partition coefficient (Wildman–Crippen LogP) is 4.51. The summed E-state index contributed by atoms with van der Waals surface area (Å²) in [5.74, 6) is 0. The van der Waals surface area contributed by atoms with Crippen LogP contribution in [0.15, 0.2) is 18.2 Å². The molecule has 21 heavy (non-hydrogen) atoms. The fourth-order valence-electron chi connectivity index (χ4n) is 3.29. The van der Waals surface area contributed by atoms with Crippen molar-refractivity contribution >= 4 is 23.2 Å². The molecule has 118 valence electrons. The van der Waals surface area contributed by atoms with Gasteiger partial charge in [0.2, 0.25) is 0 Å². The summed E-state index contributed by atoms with van der Waals surface area (Å²) in [5.41, 5.74) is 0.985. The molecule has 2 nitrogen and oxygen atoms in total. The third-order valence-electron chi connectivity index (χ3n) is 4.80. The van der Waals surface area contributed by atoms with Gasteiger partial charge >= 0.3 is 0 Å². The van der Waals surface area contributed by atoms with Gasteiger partial charge in [0.15, 0.2) is 0 Å². The molecule has 0 bridgehead atoms. The monoisotopic (exact) mass is 329 g/mol. The van der Waals surface area contributed by atoms with Crippen molar-refractivity contribution in [3.8, 4) is 0 Å². The second kappa shape index (κ2) is 7.32. The number of aliphatic hydroxyl groups is 1. The highest BCUT2D eigenvalue weighted by molar-refractivity contribution is 6.42. The molecule has 1 atom stereocenters. The minimum absolute atomic E-state index is 0.143. The van der Waals surface area contributed by atoms with Gasteiger partial charge in [-0.15, -0.1) is 0 Å². The molecular weight excluding hydrogens is 305 g/mol. The van der Waals surface area contributed by atoms with Crippen LogP contribution in [0.25, 0.3) is 0 Å². The summed E-state index contributed by atoms with van der Waals surface area (Å²) >= 11 is 12.2. The lowest BCUT2D eigenvalue weighted by atomic mass is 9.61. The quantitative estimate of drug-likeness (QED) is 0.795. The van der Waals surface area contributed by atoms with E-state index in [0.717, 1.165) is 50.9 Å². The average molecular weight is 330 g/mol. The molecule has 1 aliphatic carbocycles. The minimum Gasteiger partial charge on any atom is -0.391 e. The molecule has 4 heteroatoms. The third-order valence-corrected chi connectivity index (χ3v) is 5.54. The molecule has 0 heterocycles. The smallest absolute Gasteiger partial charge is 0.0763 e. The Morgan fingerprint density at radius 2 is 1.95 bits per heavy atom. The number of halogens is 2. The second-order valence-electron chi connectivity index (χ2n) is 6.05. The van der Waals surface area contributed by atoms with Crippen molar-refractivity contribution < 1.29 is 5.11 Å². The van der Waals surface area contributed by atoms with Crippen molar-refractivity contribution in [1.29, 1.82) is 0 Å². The first-order valence-corrected chi connectivity index (χ1v) is 8.65. The zero-order valence-electron chi connectivity index (χ0n) is 12.9. The van der Waals surface area contributed by atoms with Crippen LogP contribution in [0.5, 0.6) is 0 Å². The molecule has 0 radical (unpaired) electrons. The van der Waals surface area contributed by atoms with Gasteiger partial charge in [0.05, 0.1) is 16.1 Å². The Balaban J connectivity index is 2.18. The summed E-state index contributed by atoms with van der Waals surface area (Å²) in [5, 5.41) is 12.0. The van der Waals surface area contributed by atoms with Crippen LogP contribution in [0.3, 0.4) is 0 Å². The minimum atomic E-state index is -0.352. The van der Waals surface area contributed by atoms with Gasteiger partial charge in [-0.3, -0.25) is 0 Å². The molecule has 0 spiro atoms. The number of aliphatic hydroxyl groups excluding tert-OH is 1. The molecule has 0 amide bonds. The van der Waals surface area contributed by atoms with Crippen LogP contribution < -0.4 is 0 Å². The van der Waals surface area contributed by atoms with E-state index >= 15 is 0 Å². The molecule has 0 aliphatic heterocycles. The average Bonchev–Trinajstić information content (AvgIpc) is 2.41. The molecular formula is C17H25Cl2NO. The van der Waals surface area contributed by atoms with E-state index in [9.17, 15) is 5.11 Å². The summed E-state index contributed by atoms with van der Waals surface area (Å²) in [4.78, 5) is 2.32. The Kier molecular flexibility index (Phi) is 5.96. The summed E-state index contributed by atoms with van der Waals surface area (Å²) < 4.78 is 0. The summed E-state index contributed by atoms with van der Waals surface area (Å²) in [6, 6.07) is 5.80. The first kappa shape index (κ1) is 17.1. The second-order valence-corrected chi connectivity index (χ2v) is 6.86. The van der Waals surface area contributed by atoms with E-state index in [2.05, 4.69) is 18.7 Å². The number of nitrogens with zero attached hydrogens (tertiary/aromatic N) is 1. The number of benzene rings is 1. The predicted molar refractivity (Wildman–Crippen MR) is 90.4 cm³/mol. The van der Waals surface area contributed by atoms with Gasteiger partial charge in [-0.25, -0.2) is 0 Å². The van der Waals surface area contributed by atoms with Gasteiger partial charge in [-0.05, 0) is 50.0 Å². The lowest BCUT2D eigenvalue weighted by Gasteiger charge is -2.47. The van der Waals surface area contributed by atoms with Crippen LogP contribution in [0, 0.1) is 0 Å². The van der Waals surface area contributed by atoms with Gasteiger partial charge in [-0.2, -0.15) is 0 Å². The van der Waals surface area contributed by atoms with Crippen molar-refractivity contribution in [1.82, 2.24) is 4.90 Å². The van der Waals surface area contributed by atoms with E-state index < -0.39 is 0 Å². The molecule has 1 fully saturated rings. The number of rotatable bonds is 7. The van der Waals surface area contributed by atoms with Crippen LogP contribution >= 0.6 is 23.2 Å². The van der Waals surface area contributed by atoms with E-state index in [-0.39, 0.29) is 11.5 Å². The zero-order chi connectivity index (χ0) is 15.5. The number of hydrogen-bond acceptors (Lipinski definition) is 2. The fourth-order valence-corrected chi connectivity index (χ4v) is 3.59. The van der Waals surface area contributed by atoms with Crippen molar-refractivity contribution in [3.63, 3.8) is 0 Å². The van der Waals surface area contributed by atoms with E-state index in [0.29, 0.717) is 10.0 Å². The van der Waals surface area contributed by atoms with Gasteiger partial charge in [0.1, 0.15) is 0 Å². The first-order chi connectivity index (χ1) is 10.0. The lowest BCUT2D eigenvalue weighted by molar-refractivity contribution is 0.00320. The van der Waals surface area contributed by atoms with Gasteiger partial charge in [0, 0.05) is 12.0 Å². The lowest BCUT2D eigenvalue weighted by Crippen LogP contribution is -2.51. The third kappa shape index (κ3) is 3.56. The van der Waals surface area contributed by atoms with Crippen molar-refractivity contribution in [2.45, 2.75) is 51.0 Å². The van der Waals surface area contributed by atoms with Crippen molar-refractivity contribution in [2.24, 2.45) is 0 Å². The topological polar surface area (TPSA) is 23.5 Å². The molecule has 1 aromatic rings. The molecule has 1 aliphatic rings. The Morgan fingerprint density at radius 1 is 1.24 bits per heavy atom. The Bertz CT molecular complexity index is 474. The Hall–Kier alpha value is -0.280. The van der Waals surface area contributed by atoms with E-state index in [4.69, 9.17) is 23.2 Å². The van der Waals surface area contributed by atoms with Crippen LogP contribution in [0.2, 0.25) is 10.0 Å². The fraction of sp³-hybridized carbons (Fsp3) is 0.647. The summed E-state index contributed by atoms with van der Waals surface area (Å²) in [6.45, 7) is 7.06. The van der Waals surface area contributed by atoms with Gasteiger partial charge < -0.3 is 10.0 Å². The maximum Gasteiger partial charge on any atom is 0.0763 e. The summed E-state index contributed by atoms with van der Waals surface area (Å²) in [7, 11) is 0. The number of hydrogen-bond donors (Lipinski definition) is 1. The molecule has 1 N–H and O–H groups in total. The Morgan fingerprint density at radius 3 is 2.43 bits per heavy atom. The van der Waals surface area contributed by atoms with E-state index in [1.807, 2.05) is 18.2 Å². The maximum absolute atomic E-state index is 10.8. The molecule has 0 saturated heterocycles. The van der Waals surface area contributed by atoms with Crippen LogP contribution in [-0.2, 0) is 5.41 Å². The zero-order valence-corrected chi connectivity index (χ0v) is 14.4. The van der Waals surface area contributed by atoms with Crippen LogP contribution in [0.4, 0.5) is 0 Å². The van der Waals surface area contributed by atoms with Crippen molar-refractivity contribution in [3.05, 3.63) is 33.8 Å². The summed E-state index contributed by atoms with van der Waals surface area (Å²) in [6.07, 6.45) is 3.97. The largest absolute Gasteiger partial charge is 0.391 e. The van der Waals surface area contributed by atoms with Crippen LogP contribution in [-0.4, -0.2) is 35.7 Å². The van der Waals surface area contributed by atoms with Gasteiger partial charge in [0.25, 0.3) is 0 Å². The SMILES string of the molecule is CCCN(CC)CC(O)C1(c2ccc(Cl)c(Cl)c2)CCC1. The standard InChI is InChI=1S/C17H25Cl2NO/c1-3-10-20(4-2)12-16(21)17(8-5-9-17)13-6-7-14(18)15(19)11-13/h6-7,11,16,21H,3-5,8-10,12H2,1-2H3. The van der Waals surface area contributed by atoms with Crippen molar-refractivity contribution in [2.75, 3.05) is 19.6 Å².